The number of hydrogen-bond donors (Lipinski definition) is 2. The van der Waals surface area contributed by atoms with Crippen LogP contribution >= 0.6 is 11.6 Å². The van der Waals surface area contributed by atoms with Crippen LogP contribution in [-0.2, 0) is 4.79 Å². The van der Waals surface area contributed by atoms with Crippen molar-refractivity contribution < 1.29 is 9.59 Å². The zero-order chi connectivity index (χ0) is 12.3. The Morgan fingerprint density at radius 2 is 2.24 bits per heavy atom. The lowest BCUT2D eigenvalue weighted by molar-refractivity contribution is -0.121. The summed E-state index contributed by atoms with van der Waals surface area (Å²) in [5.74, 6) is -0.396. The number of urea groups is 1. The summed E-state index contributed by atoms with van der Waals surface area (Å²) < 4.78 is 0. The SMILES string of the molecule is O=C1NCC(N=Cc2cccc(Cl)c2)C(=O)N1. The second kappa shape index (κ2) is 4.97. The molecule has 1 saturated heterocycles. The van der Waals surface area contributed by atoms with Gasteiger partial charge in [0.1, 0.15) is 6.04 Å². The number of amides is 3. The standard InChI is InChI=1S/C11H10ClN3O2/c12-8-3-1-2-7(4-8)5-13-9-6-14-11(17)15-10(9)16/h1-5,9H,6H2,(H2,14,15,16,17). The van der Waals surface area contributed by atoms with Crippen molar-refractivity contribution >= 4 is 29.8 Å². The monoisotopic (exact) mass is 251 g/mol. The maximum atomic E-state index is 11.4. The van der Waals surface area contributed by atoms with Gasteiger partial charge >= 0.3 is 6.03 Å². The first-order chi connectivity index (χ1) is 8.15. The van der Waals surface area contributed by atoms with E-state index in [2.05, 4.69) is 15.6 Å². The van der Waals surface area contributed by atoms with Crippen LogP contribution in [0.2, 0.25) is 5.02 Å². The minimum Gasteiger partial charge on any atom is -0.335 e. The Labute approximate surface area is 103 Å². The van der Waals surface area contributed by atoms with Crippen molar-refractivity contribution in [2.24, 2.45) is 4.99 Å². The zero-order valence-electron chi connectivity index (χ0n) is 8.81. The number of imide groups is 1. The van der Waals surface area contributed by atoms with Gasteiger partial charge in [-0.1, -0.05) is 23.7 Å². The normalized spacial score (nSPS) is 20.2. The van der Waals surface area contributed by atoms with Crippen molar-refractivity contribution in [3.05, 3.63) is 34.9 Å². The van der Waals surface area contributed by atoms with Crippen molar-refractivity contribution in [1.82, 2.24) is 10.6 Å². The Balaban J connectivity index is 2.06. The summed E-state index contributed by atoms with van der Waals surface area (Å²) in [5.41, 5.74) is 0.808. The molecule has 1 aliphatic rings. The van der Waals surface area contributed by atoms with E-state index in [4.69, 9.17) is 11.6 Å². The van der Waals surface area contributed by atoms with E-state index in [1.165, 1.54) is 0 Å². The predicted octanol–water partition coefficient (Wildman–Crippen LogP) is 0.967. The highest BCUT2D eigenvalue weighted by molar-refractivity contribution is 6.30. The first kappa shape index (κ1) is 11.6. The van der Waals surface area contributed by atoms with Crippen molar-refractivity contribution in [3.8, 4) is 0 Å². The van der Waals surface area contributed by atoms with Crippen LogP contribution in [0.1, 0.15) is 5.56 Å². The van der Waals surface area contributed by atoms with E-state index in [-0.39, 0.29) is 6.54 Å². The number of hydrogen-bond acceptors (Lipinski definition) is 3. The largest absolute Gasteiger partial charge is 0.335 e. The molecule has 3 amide bonds. The molecule has 2 rings (SSSR count). The molecule has 0 radical (unpaired) electrons. The fraction of sp³-hybridized carbons (Fsp3) is 0.182. The van der Waals surface area contributed by atoms with Crippen LogP contribution in [-0.4, -0.2) is 30.7 Å². The van der Waals surface area contributed by atoms with Gasteiger partial charge < -0.3 is 5.32 Å². The first-order valence-corrected chi connectivity index (χ1v) is 5.40. The molecule has 1 fully saturated rings. The molecule has 1 unspecified atom stereocenters. The van der Waals surface area contributed by atoms with E-state index in [1.807, 2.05) is 6.07 Å². The van der Waals surface area contributed by atoms with E-state index >= 15 is 0 Å². The molecule has 17 heavy (non-hydrogen) atoms. The van der Waals surface area contributed by atoms with E-state index in [1.54, 1.807) is 24.4 Å². The van der Waals surface area contributed by atoms with Gasteiger partial charge in [-0.15, -0.1) is 0 Å². The quantitative estimate of drug-likeness (QED) is 0.769. The highest BCUT2D eigenvalue weighted by Crippen LogP contribution is 2.09. The number of halogens is 1. The highest BCUT2D eigenvalue weighted by atomic mass is 35.5. The smallest absolute Gasteiger partial charge is 0.321 e. The molecule has 0 aliphatic carbocycles. The van der Waals surface area contributed by atoms with Gasteiger partial charge in [0.2, 0.25) is 0 Å². The molecular weight excluding hydrogens is 242 g/mol. The maximum Gasteiger partial charge on any atom is 0.321 e. The summed E-state index contributed by atoms with van der Waals surface area (Å²) in [6.07, 6.45) is 1.56. The Hall–Kier alpha value is -1.88. The highest BCUT2D eigenvalue weighted by Gasteiger charge is 2.24. The summed E-state index contributed by atoms with van der Waals surface area (Å²) in [4.78, 5) is 26.3. The Bertz CT molecular complexity index is 487. The summed E-state index contributed by atoms with van der Waals surface area (Å²) in [6.45, 7) is 0.210. The number of nitrogens with one attached hydrogen (secondary N) is 2. The molecule has 0 spiro atoms. The molecule has 1 heterocycles. The van der Waals surface area contributed by atoms with Crippen LogP contribution in [0.3, 0.4) is 0 Å². The van der Waals surface area contributed by atoms with Crippen molar-refractivity contribution in [1.29, 1.82) is 0 Å². The van der Waals surface area contributed by atoms with Crippen LogP contribution in [0.4, 0.5) is 4.79 Å². The molecule has 0 bridgehead atoms. The number of rotatable bonds is 2. The molecule has 1 atom stereocenters. The Morgan fingerprint density at radius 3 is 2.94 bits per heavy atom. The third-order valence-electron chi connectivity index (χ3n) is 2.25. The molecular formula is C11H10ClN3O2. The molecule has 1 aromatic carbocycles. The average Bonchev–Trinajstić information content (AvgIpc) is 2.28. The lowest BCUT2D eigenvalue weighted by atomic mass is 10.2. The summed E-state index contributed by atoms with van der Waals surface area (Å²) in [6, 6.07) is 6.05. The molecule has 88 valence electrons. The third kappa shape index (κ3) is 3.04. The fourth-order valence-electron chi connectivity index (χ4n) is 1.40. The van der Waals surface area contributed by atoms with Crippen molar-refractivity contribution in [3.63, 3.8) is 0 Å². The molecule has 5 nitrogen and oxygen atoms in total. The van der Waals surface area contributed by atoms with Gasteiger partial charge in [0.05, 0.1) is 6.54 Å². The van der Waals surface area contributed by atoms with Crippen molar-refractivity contribution in [2.75, 3.05) is 6.54 Å². The topological polar surface area (TPSA) is 70.6 Å². The molecule has 2 N–H and O–H groups in total. The number of aliphatic imine (C=N–C) groups is 1. The summed E-state index contributed by atoms with van der Waals surface area (Å²) in [7, 11) is 0. The van der Waals surface area contributed by atoms with Gasteiger partial charge in [-0.3, -0.25) is 15.1 Å². The Kier molecular flexibility index (Phi) is 3.39. The van der Waals surface area contributed by atoms with Crippen LogP contribution in [0.5, 0.6) is 0 Å². The second-order valence-electron chi connectivity index (χ2n) is 3.55. The lowest BCUT2D eigenvalue weighted by Gasteiger charge is -2.18. The number of carbonyl (C=O) groups excluding carboxylic acids is 2. The van der Waals surface area contributed by atoms with Gasteiger partial charge in [-0.05, 0) is 17.7 Å². The molecule has 6 heteroatoms. The van der Waals surface area contributed by atoms with Crippen LogP contribution in [0, 0.1) is 0 Å². The minimum atomic E-state index is -0.591. The van der Waals surface area contributed by atoms with Crippen LogP contribution in [0.25, 0.3) is 0 Å². The second-order valence-corrected chi connectivity index (χ2v) is 3.98. The van der Waals surface area contributed by atoms with Gasteiger partial charge in [0.15, 0.2) is 0 Å². The van der Waals surface area contributed by atoms with E-state index in [0.29, 0.717) is 5.02 Å². The fourth-order valence-corrected chi connectivity index (χ4v) is 1.60. The summed E-state index contributed by atoms with van der Waals surface area (Å²) in [5, 5.41) is 5.25. The lowest BCUT2D eigenvalue weighted by Crippen LogP contribution is -2.54. The van der Waals surface area contributed by atoms with Crippen molar-refractivity contribution in [2.45, 2.75) is 6.04 Å². The van der Waals surface area contributed by atoms with Gasteiger partial charge in [-0.2, -0.15) is 0 Å². The third-order valence-corrected chi connectivity index (χ3v) is 2.48. The van der Waals surface area contributed by atoms with E-state index in [9.17, 15) is 9.59 Å². The van der Waals surface area contributed by atoms with Crippen LogP contribution < -0.4 is 10.6 Å². The number of nitrogens with zero attached hydrogens (tertiary/aromatic N) is 1. The maximum absolute atomic E-state index is 11.4. The number of benzene rings is 1. The predicted molar refractivity (Wildman–Crippen MR) is 64.4 cm³/mol. The summed E-state index contributed by atoms with van der Waals surface area (Å²) >= 11 is 5.82. The number of carbonyl (C=O) groups is 2. The van der Waals surface area contributed by atoms with Gasteiger partial charge in [0.25, 0.3) is 5.91 Å². The van der Waals surface area contributed by atoms with Gasteiger partial charge in [0, 0.05) is 11.2 Å². The van der Waals surface area contributed by atoms with E-state index in [0.717, 1.165) is 5.56 Å². The first-order valence-electron chi connectivity index (χ1n) is 5.02. The van der Waals surface area contributed by atoms with Gasteiger partial charge in [-0.25, -0.2) is 4.79 Å². The van der Waals surface area contributed by atoms with E-state index < -0.39 is 18.0 Å². The van der Waals surface area contributed by atoms with Crippen LogP contribution in [0.15, 0.2) is 29.3 Å². The molecule has 0 saturated carbocycles. The minimum absolute atomic E-state index is 0.210. The molecule has 1 aliphatic heterocycles. The average molecular weight is 252 g/mol. The zero-order valence-corrected chi connectivity index (χ0v) is 9.57. The Morgan fingerprint density at radius 1 is 1.41 bits per heavy atom. The molecule has 0 aromatic heterocycles. The molecule has 1 aromatic rings.